The van der Waals surface area contributed by atoms with Gasteiger partial charge in [-0.3, -0.25) is 0 Å². The minimum absolute atomic E-state index is 0.0346. The molecule has 2 rings (SSSR count). The highest BCUT2D eigenvalue weighted by Gasteiger charge is 2.39. The van der Waals surface area contributed by atoms with E-state index in [-0.39, 0.29) is 5.54 Å². The summed E-state index contributed by atoms with van der Waals surface area (Å²) in [5, 5.41) is 0. The van der Waals surface area contributed by atoms with Crippen LogP contribution < -0.4 is 5.73 Å². The van der Waals surface area contributed by atoms with Crippen LogP contribution in [0.2, 0.25) is 0 Å². The molecule has 1 fully saturated rings. The quantitative estimate of drug-likeness (QED) is 0.672. The molecule has 0 spiro atoms. The van der Waals surface area contributed by atoms with E-state index in [9.17, 15) is 0 Å². The highest BCUT2D eigenvalue weighted by molar-refractivity contribution is 5.38. The van der Waals surface area contributed by atoms with Crippen LogP contribution >= 0.6 is 0 Å². The predicted octanol–water partition coefficient (Wildman–Crippen LogP) is 2.64. The highest BCUT2D eigenvalue weighted by atomic mass is 14.8. The second kappa shape index (κ2) is 4.30. The molecule has 1 aliphatic carbocycles. The zero-order valence-corrected chi connectivity index (χ0v) is 8.88. The number of rotatable bonds is 1. The van der Waals surface area contributed by atoms with Crippen LogP contribution in [0.25, 0.3) is 0 Å². The molecule has 1 nitrogen and oxygen atoms in total. The monoisotopic (exact) mass is 187 g/mol. The topological polar surface area (TPSA) is 26.0 Å². The summed E-state index contributed by atoms with van der Waals surface area (Å²) in [5.41, 5.74) is 8.10. The Hall–Kier alpha value is -1.26. The van der Waals surface area contributed by atoms with Crippen molar-refractivity contribution in [2.24, 2.45) is 5.73 Å². The molecule has 0 heterocycles. The van der Waals surface area contributed by atoms with Gasteiger partial charge < -0.3 is 5.73 Å². The summed E-state index contributed by atoms with van der Waals surface area (Å²) in [6.07, 6.45) is 7.44. The first-order valence-corrected chi connectivity index (χ1v) is 5.11. The summed E-state index contributed by atoms with van der Waals surface area (Å²) in [6.45, 7) is 4.00. The lowest BCUT2D eigenvalue weighted by atomic mass is 10.0. The van der Waals surface area contributed by atoms with Crippen LogP contribution in [-0.2, 0) is 5.54 Å². The second-order valence-corrected chi connectivity index (χ2v) is 3.38. The smallest absolute Gasteiger partial charge is 0.0411 e. The van der Waals surface area contributed by atoms with Crippen molar-refractivity contribution < 1.29 is 0 Å². The van der Waals surface area contributed by atoms with E-state index in [1.807, 2.05) is 38.1 Å². The lowest BCUT2D eigenvalue weighted by molar-refractivity contribution is 0.740. The third-order valence-electron chi connectivity index (χ3n) is 2.42. The summed E-state index contributed by atoms with van der Waals surface area (Å²) in [4.78, 5) is 0. The van der Waals surface area contributed by atoms with Gasteiger partial charge >= 0.3 is 0 Å². The molecule has 1 saturated carbocycles. The van der Waals surface area contributed by atoms with Gasteiger partial charge in [-0.05, 0) is 30.5 Å². The Morgan fingerprint density at radius 2 is 1.71 bits per heavy atom. The van der Waals surface area contributed by atoms with Crippen molar-refractivity contribution in [1.82, 2.24) is 0 Å². The van der Waals surface area contributed by atoms with Gasteiger partial charge in [-0.15, -0.1) is 6.42 Å². The van der Waals surface area contributed by atoms with Crippen molar-refractivity contribution in [2.75, 3.05) is 0 Å². The molecule has 14 heavy (non-hydrogen) atoms. The molecule has 0 unspecified atom stereocenters. The fraction of sp³-hybridized carbons (Fsp3) is 0.385. The van der Waals surface area contributed by atoms with E-state index in [0.29, 0.717) is 0 Å². The third kappa shape index (κ3) is 2.16. The van der Waals surface area contributed by atoms with Gasteiger partial charge in [0.15, 0.2) is 0 Å². The Labute approximate surface area is 86.3 Å². The van der Waals surface area contributed by atoms with Gasteiger partial charge in [-0.25, -0.2) is 0 Å². The Balaban J connectivity index is 0.000000461. The molecule has 2 N–H and O–H groups in total. The van der Waals surface area contributed by atoms with Crippen LogP contribution in [0.15, 0.2) is 24.3 Å². The molecular weight excluding hydrogens is 170 g/mol. The Kier molecular flexibility index (Phi) is 3.33. The standard InChI is InChI=1S/C11H11N.C2H6/c1-2-9-3-5-10(6-4-9)11(12)7-8-11;1-2/h1,3-6H,7-8,12H2;1-2H3. The van der Waals surface area contributed by atoms with Crippen molar-refractivity contribution in [3.05, 3.63) is 35.4 Å². The van der Waals surface area contributed by atoms with Crippen LogP contribution in [0.5, 0.6) is 0 Å². The fourth-order valence-corrected chi connectivity index (χ4v) is 1.32. The molecule has 0 amide bonds. The van der Waals surface area contributed by atoms with Gasteiger partial charge in [-0.1, -0.05) is 31.9 Å². The van der Waals surface area contributed by atoms with E-state index in [0.717, 1.165) is 18.4 Å². The van der Waals surface area contributed by atoms with Crippen LogP contribution in [0.3, 0.4) is 0 Å². The molecule has 1 aliphatic rings. The normalized spacial score (nSPS) is 16.1. The molecule has 1 heteroatoms. The first-order valence-electron chi connectivity index (χ1n) is 5.11. The largest absolute Gasteiger partial charge is 0.321 e. The SMILES string of the molecule is C#Cc1ccc(C2(N)CC2)cc1.CC. The maximum absolute atomic E-state index is 6.01. The fourth-order valence-electron chi connectivity index (χ4n) is 1.32. The maximum Gasteiger partial charge on any atom is 0.0411 e. The van der Waals surface area contributed by atoms with Gasteiger partial charge in [0.1, 0.15) is 0 Å². The van der Waals surface area contributed by atoms with Crippen molar-refractivity contribution in [3.8, 4) is 12.3 Å². The number of nitrogens with two attached hydrogens (primary N) is 1. The van der Waals surface area contributed by atoms with Crippen LogP contribution in [0.1, 0.15) is 37.8 Å². The van der Waals surface area contributed by atoms with Crippen molar-refractivity contribution >= 4 is 0 Å². The summed E-state index contributed by atoms with van der Waals surface area (Å²) in [5.74, 6) is 2.59. The third-order valence-corrected chi connectivity index (χ3v) is 2.42. The first-order chi connectivity index (χ1) is 6.74. The molecule has 0 aliphatic heterocycles. The van der Waals surface area contributed by atoms with E-state index < -0.39 is 0 Å². The van der Waals surface area contributed by atoms with E-state index in [4.69, 9.17) is 12.2 Å². The van der Waals surface area contributed by atoms with Gasteiger partial charge in [0.25, 0.3) is 0 Å². The van der Waals surface area contributed by atoms with Gasteiger partial charge in [0.05, 0.1) is 0 Å². The van der Waals surface area contributed by atoms with Gasteiger partial charge in [0, 0.05) is 11.1 Å². The molecule has 0 aromatic heterocycles. The molecule has 1 aromatic rings. The number of terminal acetylenes is 1. The van der Waals surface area contributed by atoms with Crippen molar-refractivity contribution in [2.45, 2.75) is 32.2 Å². The van der Waals surface area contributed by atoms with Gasteiger partial charge in [0.2, 0.25) is 0 Å². The van der Waals surface area contributed by atoms with Crippen LogP contribution in [0, 0.1) is 12.3 Å². The predicted molar refractivity (Wildman–Crippen MR) is 60.8 cm³/mol. The van der Waals surface area contributed by atoms with Gasteiger partial charge in [-0.2, -0.15) is 0 Å². The Bertz CT molecular complexity index is 325. The minimum Gasteiger partial charge on any atom is -0.321 e. The van der Waals surface area contributed by atoms with E-state index >= 15 is 0 Å². The minimum atomic E-state index is -0.0346. The average Bonchev–Trinajstić information content (AvgIpc) is 3.01. The van der Waals surface area contributed by atoms with Crippen LogP contribution in [0.4, 0.5) is 0 Å². The summed E-state index contributed by atoms with van der Waals surface area (Å²) >= 11 is 0. The number of hydrogen-bond donors (Lipinski definition) is 1. The number of hydrogen-bond acceptors (Lipinski definition) is 1. The first kappa shape index (κ1) is 10.8. The zero-order chi connectivity index (χ0) is 10.6. The molecule has 0 saturated heterocycles. The summed E-state index contributed by atoms with van der Waals surface area (Å²) < 4.78 is 0. The molecule has 0 bridgehead atoms. The van der Waals surface area contributed by atoms with Crippen molar-refractivity contribution in [1.29, 1.82) is 0 Å². The van der Waals surface area contributed by atoms with Crippen LogP contribution in [-0.4, -0.2) is 0 Å². The molecule has 0 atom stereocenters. The molecule has 74 valence electrons. The Morgan fingerprint density at radius 1 is 1.21 bits per heavy atom. The van der Waals surface area contributed by atoms with E-state index in [1.165, 1.54) is 5.56 Å². The number of benzene rings is 1. The lowest BCUT2D eigenvalue weighted by Crippen LogP contribution is -2.18. The Morgan fingerprint density at radius 3 is 2.07 bits per heavy atom. The van der Waals surface area contributed by atoms with Crippen molar-refractivity contribution in [3.63, 3.8) is 0 Å². The second-order valence-electron chi connectivity index (χ2n) is 3.38. The maximum atomic E-state index is 6.01. The highest BCUT2D eigenvalue weighted by Crippen LogP contribution is 2.42. The molecular formula is C13H17N. The summed E-state index contributed by atoms with van der Waals surface area (Å²) in [6, 6.07) is 7.95. The van der Waals surface area contributed by atoms with E-state index in [1.54, 1.807) is 0 Å². The summed E-state index contributed by atoms with van der Waals surface area (Å²) in [7, 11) is 0. The molecule has 1 aromatic carbocycles. The zero-order valence-electron chi connectivity index (χ0n) is 8.88. The van der Waals surface area contributed by atoms with E-state index in [2.05, 4.69) is 5.92 Å². The average molecular weight is 187 g/mol. The molecule has 0 radical (unpaired) electrons. The lowest BCUT2D eigenvalue weighted by Gasteiger charge is -2.07.